The molecular weight excluding hydrogens is 356 g/mol. The van der Waals surface area contributed by atoms with Crippen LogP contribution in [0.25, 0.3) is 6.08 Å². The minimum Gasteiger partial charge on any atom is -0.496 e. The summed E-state index contributed by atoms with van der Waals surface area (Å²) in [6.07, 6.45) is 2.90. The highest BCUT2D eigenvalue weighted by molar-refractivity contribution is 6.32. The maximum atomic E-state index is 12.5. The topological polar surface area (TPSA) is 72.7 Å². The van der Waals surface area contributed by atoms with Crippen LogP contribution in [-0.2, 0) is 4.79 Å². The summed E-state index contributed by atoms with van der Waals surface area (Å²) in [7, 11) is 3.27. The molecule has 0 saturated carbocycles. The van der Waals surface area contributed by atoms with Crippen LogP contribution in [-0.4, -0.2) is 29.9 Å². The number of hydrogen-bond donors (Lipinski definition) is 0. The van der Waals surface area contributed by atoms with E-state index < -0.39 is 4.92 Å². The molecule has 0 aromatic heterocycles. The van der Waals surface area contributed by atoms with E-state index in [1.807, 2.05) is 31.2 Å². The summed E-state index contributed by atoms with van der Waals surface area (Å²) in [6, 6.07) is 11.7. The predicted octanol–water partition coefficient (Wildman–Crippen LogP) is 4.49. The molecule has 2 rings (SSSR count). The van der Waals surface area contributed by atoms with Crippen LogP contribution >= 0.6 is 11.6 Å². The number of amides is 1. The highest BCUT2D eigenvalue weighted by Gasteiger charge is 2.18. The first-order valence-corrected chi connectivity index (χ1v) is 8.24. The van der Waals surface area contributed by atoms with Gasteiger partial charge in [-0.1, -0.05) is 35.9 Å². The molecule has 1 atom stereocenters. The normalized spacial score (nSPS) is 12.0. The molecule has 0 N–H and O–H groups in total. The Morgan fingerprint density at radius 2 is 2.00 bits per heavy atom. The van der Waals surface area contributed by atoms with Gasteiger partial charge in [-0.3, -0.25) is 14.9 Å². The van der Waals surface area contributed by atoms with Gasteiger partial charge in [0.25, 0.3) is 5.69 Å². The van der Waals surface area contributed by atoms with Gasteiger partial charge in [0.1, 0.15) is 10.8 Å². The molecule has 1 amide bonds. The number of halogens is 1. The lowest BCUT2D eigenvalue weighted by Gasteiger charge is -2.25. The number of likely N-dealkylation sites (N-methyl/N-ethyl adjacent to an activating group) is 1. The van der Waals surface area contributed by atoms with Crippen molar-refractivity contribution in [2.24, 2.45) is 0 Å². The van der Waals surface area contributed by atoms with Crippen molar-refractivity contribution in [1.29, 1.82) is 0 Å². The van der Waals surface area contributed by atoms with Gasteiger partial charge in [-0.25, -0.2) is 0 Å². The molecule has 136 valence electrons. The second-order valence-electron chi connectivity index (χ2n) is 5.67. The quantitative estimate of drug-likeness (QED) is 0.424. The van der Waals surface area contributed by atoms with Crippen molar-refractivity contribution in [3.8, 4) is 5.75 Å². The summed E-state index contributed by atoms with van der Waals surface area (Å²) in [5.74, 6) is 0.470. The average molecular weight is 375 g/mol. The smallest absolute Gasteiger partial charge is 0.288 e. The maximum absolute atomic E-state index is 12.5. The van der Waals surface area contributed by atoms with Crippen LogP contribution in [0.3, 0.4) is 0 Å². The molecule has 0 heterocycles. The number of ether oxygens (including phenoxy) is 1. The van der Waals surface area contributed by atoms with Crippen LogP contribution < -0.4 is 4.74 Å². The van der Waals surface area contributed by atoms with Gasteiger partial charge in [-0.05, 0) is 30.7 Å². The SMILES string of the molecule is COc1ccccc1C(C)N(C)C(=O)/C=C/c1ccc(Cl)c([N+](=O)[O-])c1. The fraction of sp³-hybridized carbons (Fsp3) is 0.211. The first-order valence-electron chi connectivity index (χ1n) is 7.87. The molecule has 0 aliphatic carbocycles. The van der Waals surface area contributed by atoms with E-state index >= 15 is 0 Å². The molecule has 7 heteroatoms. The van der Waals surface area contributed by atoms with E-state index in [0.717, 1.165) is 5.56 Å². The van der Waals surface area contributed by atoms with Crippen molar-refractivity contribution in [1.82, 2.24) is 4.90 Å². The maximum Gasteiger partial charge on any atom is 0.288 e. The number of hydrogen-bond acceptors (Lipinski definition) is 4. The van der Waals surface area contributed by atoms with Crippen molar-refractivity contribution >= 4 is 29.3 Å². The van der Waals surface area contributed by atoms with Gasteiger partial charge in [0, 0.05) is 24.8 Å². The number of carbonyl (C=O) groups excluding carboxylic acids is 1. The molecular formula is C19H19ClN2O4. The van der Waals surface area contributed by atoms with Crippen molar-refractivity contribution in [3.05, 3.63) is 74.8 Å². The Morgan fingerprint density at radius 1 is 1.31 bits per heavy atom. The lowest BCUT2D eigenvalue weighted by molar-refractivity contribution is -0.384. The average Bonchev–Trinajstić information content (AvgIpc) is 2.65. The second kappa shape index (κ2) is 8.49. The summed E-state index contributed by atoms with van der Waals surface area (Å²) in [4.78, 5) is 24.4. The molecule has 26 heavy (non-hydrogen) atoms. The summed E-state index contributed by atoms with van der Waals surface area (Å²) in [5, 5.41) is 11.0. The number of benzene rings is 2. The first kappa shape index (κ1) is 19.5. The van der Waals surface area contributed by atoms with Crippen LogP contribution in [0.1, 0.15) is 24.1 Å². The molecule has 1 unspecified atom stereocenters. The lowest BCUT2D eigenvalue weighted by Crippen LogP contribution is -2.28. The summed E-state index contributed by atoms with van der Waals surface area (Å²) < 4.78 is 5.34. The lowest BCUT2D eigenvalue weighted by atomic mass is 10.1. The van der Waals surface area contributed by atoms with Crippen LogP contribution in [0.5, 0.6) is 5.75 Å². The highest BCUT2D eigenvalue weighted by Crippen LogP contribution is 2.28. The van der Waals surface area contributed by atoms with Crippen LogP contribution in [0.4, 0.5) is 5.69 Å². The number of carbonyl (C=O) groups is 1. The van der Waals surface area contributed by atoms with Gasteiger partial charge in [-0.15, -0.1) is 0 Å². The van der Waals surface area contributed by atoms with E-state index in [2.05, 4.69) is 0 Å². The van der Waals surface area contributed by atoms with Gasteiger partial charge in [0.15, 0.2) is 0 Å². The number of nitro groups is 1. The monoisotopic (exact) mass is 374 g/mol. The minimum absolute atomic E-state index is 0.0559. The van der Waals surface area contributed by atoms with Crippen molar-refractivity contribution in [2.75, 3.05) is 14.2 Å². The number of para-hydroxylation sites is 1. The van der Waals surface area contributed by atoms with Gasteiger partial charge in [-0.2, -0.15) is 0 Å². The fourth-order valence-corrected chi connectivity index (χ4v) is 2.66. The zero-order chi connectivity index (χ0) is 19.3. The van der Waals surface area contributed by atoms with Crippen molar-refractivity contribution in [2.45, 2.75) is 13.0 Å². The Labute approximate surface area is 156 Å². The highest BCUT2D eigenvalue weighted by atomic mass is 35.5. The van der Waals surface area contributed by atoms with Crippen molar-refractivity contribution in [3.63, 3.8) is 0 Å². The summed E-state index contributed by atoms with van der Waals surface area (Å²) in [6.45, 7) is 1.90. The van der Waals surface area contributed by atoms with Crippen LogP contribution in [0.15, 0.2) is 48.5 Å². The Hall–Kier alpha value is -2.86. The van der Waals surface area contributed by atoms with E-state index in [1.165, 1.54) is 24.3 Å². The number of rotatable bonds is 6. The molecule has 2 aromatic rings. The van der Waals surface area contributed by atoms with E-state index in [4.69, 9.17) is 16.3 Å². The van der Waals surface area contributed by atoms with Gasteiger partial charge >= 0.3 is 0 Å². The van der Waals surface area contributed by atoms with E-state index in [9.17, 15) is 14.9 Å². The Kier molecular flexibility index (Phi) is 6.36. The fourth-order valence-electron chi connectivity index (χ4n) is 2.47. The molecule has 6 nitrogen and oxygen atoms in total. The third-order valence-corrected chi connectivity index (χ3v) is 4.42. The van der Waals surface area contributed by atoms with Crippen molar-refractivity contribution < 1.29 is 14.5 Å². The molecule has 0 aliphatic heterocycles. The Bertz CT molecular complexity index is 851. The van der Waals surface area contributed by atoms with E-state index in [1.54, 1.807) is 25.1 Å². The van der Waals surface area contributed by atoms with E-state index in [0.29, 0.717) is 11.3 Å². The largest absolute Gasteiger partial charge is 0.496 e. The Morgan fingerprint density at radius 3 is 2.65 bits per heavy atom. The molecule has 0 radical (unpaired) electrons. The molecule has 0 bridgehead atoms. The Balaban J connectivity index is 2.17. The zero-order valence-corrected chi connectivity index (χ0v) is 15.4. The molecule has 0 fully saturated rings. The number of nitrogens with zero attached hydrogens (tertiary/aromatic N) is 2. The minimum atomic E-state index is -0.558. The third-order valence-electron chi connectivity index (χ3n) is 4.10. The molecule has 2 aromatic carbocycles. The standard InChI is InChI=1S/C19H19ClN2O4/c1-13(15-6-4-5-7-18(15)26-3)21(2)19(23)11-9-14-8-10-16(20)17(12-14)22(24)25/h4-13H,1-3H3/b11-9+. The van der Waals surface area contributed by atoms with Gasteiger partial charge in [0.05, 0.1) is 18.1 Å². The van der Waals surface area contributed by atoms with Crippen LogP contribution in [0.2, 0.25) is 5.02 Å². The predicted molar refractivity (Wildman–Crippen MR) is 101 cm³/mol. The summed E-state index contributed by atoms with van der Waals surface area (Å²) >= 11 is 5.79. The zero-order valence-electron chi connectivity index (χ0n) is 14.7. The van der Waals surface area contributed by atoms with E-state index in [-0.39, 0.29) is 22.7 Å². The number of nitro benzene ring substituents is 1. The van der Waals surface area contributed by atoms with Gasteiger partial charge in [0.2, 0.25) is 5.91 Å². The number of methoxy groups -OCH3 is 1. The molecule has 0 saturated heterocycles. The van der Waals surface area contributed by atoms with Crippen LogP contribution in [0, 0.1) is 10.1 Å². The molecule has 0 spiro atoms. The van der Waals surface area contributed by atoms with Gasteiger partial charge < -0.3 is 9.64 Å². The molecule has 0 aliphatic rings. The summed E-state index contributed by atoms with van der Waals surface area (Å²) in [5.41, 5.74) is 1.21. The second-order valence-corrected chi connectivity index (χ2v) is 6.08. The first-order chi connectivity index (χ1) is 12.3. The third kappa shape index (κ3) is 4.40.